The number of fused-ring (bicyclic) bond motifs is 1. The van der Waals surface area contributed by atoms with Crippen LogP contribution >= 0.6 is 0 Å². The first kappa shape index (κ1) is 19.8. The SMILES string of the molecule is COc1cc2c(cc1-c1cccc(C(C)C)c1)C=C(C(=O)O)C(C(F)(F)F)O2. The third-order valence-corrected chi connectivity index (χ3v) is 4.58. The standard InChI is InChI=1S/C21H19F3O4/c1-11(2)12-5-4-6-13(7-12)15-8-14-9-16(20(25)26)19(21(22,23)24)28-17(14)10-18(15)27-3/h4-11,19H,1-3H3,(H,25,26). The molecule has 0 spiro atoms. The molecule has 0 amide bonds. The highest BCUT2D eigenvalue weighted by molar-refractivity contribution is 5.95. The van der Waals surface area contributed by atoms with Gasteiger partial charge in [-0.25, -0.2) is 4.79 Å². The van der Waals surface area contributed by atoms with E-state index in [1.165, 1.54) is 13.2 Å². The molecule has 0 saturated heterocycles. The number of carboxylic acids is 1. The number of methoxy groups -OCH3 is 1. The summed E-state index contributed by atoms with van der Waals surface area (Å²) in [6.07, 6.45) is -6.37. The third kappa shape index (κ3) is 3.69. The molecule has 1 atom stereocenters. The summed E-state index contributed by atoms with van der Waals surface area (Å²) in [6, 6.07) is 10.7. The van der Waals surface area contributed by atoms with Gasteiger partial charge in [-0.15, -0.1) is 0 Å². The smallest absolute Gasteiger partial charge is 0.430 e. The van der Waals surface area contributed by atoms with E-state index in [9.17, 15) is 23.1 Å². The first-order valence-electron chi connectivity index (χ1n) is 8.62. The van der Waals surface area contributed by atoms with Crippen LogP contribution in [-0.2, 0) is 4.79 Å². The predicted molar refractivity (Wildman–Crippen MR) is 98.6 cm³/mol. The quantitative estimate of drug-likeness (QED) is 0.770. The summed E-state index contributed by atoms with van der Waals surface area (Å²) in [5.41, 5.74) is 1.94. The van der Waals surface area contributed by atoms with Crippen LogP contribution in [0.5, 0.6) is 11.5 Å². The van der Waals surface area contributed by atoms with E-state index in [0.717, 1.165) is 17.2 Å². The molecule has 7 heteroatoms. The molecule has 2 aromatic rings. The van der Waals surface area contributed by atoms with Gasteiger partial charge < -0.3 is 14.6 Å². The van der Waals surface area contributed by atoms with Gasteiger partial charge in [0.1, 0.15) is 11.5 Å². The van der Waals surface area contributed by atoms with Gasteiger partial charge in [-0.1, -0.05) is 38.1 Å². The fourth-order valence-electron chi connectivity index (χ4n) is 3.10. The summed E-state index contributed by atoms with van der Waals surface area (Å²) < 4.78 is 50.1. The van der Waals surface area contributed by atoms with Gasteiger partial charge in [0, 0.05) is 17.2 Å². The Labute approximate surface area is 160 Å². The van der Waals surface area contributed by atoms with Gasteiger partial charge in [-0.05, 0) is 29.2 Å². The normalized spacial score (nSPS) is 16.2. The highest BCUT2D eigenvalue weighted by Crippen LogP contribution is 2.43. The number of carboxylic acid groups (broad SMARTS) is 1. The zero-order valence-electron chi connectivity index (χ0n) is 15.5. The third-order valence-electron chi connectivity index (χ3n) is 4.58. The molecule has 148 valence electrons. The van der Waals surface area contributed by atoms with Crippen molar-refractivity contribution in [1.82, 2.24) is 0 Å². The lowest BCUT2D eigenvalue weighted by molar-refractivity contribution is -0.187. The van der Waals surface area contributed by atoms with Crippen LogP contribution in [0.2, 0.25) is 0 Å². The van der Waals surface area contributed by atoms with Crippen molar-refractivity contribution < 1.29 is 32.5 Å². The molecule has 28 heavy (non-hydrogen) atoms. The lowest BCUT2D eigenvalue weighted by atomic mass is 9.94. The Morgan fingerprint density at radius 3 is 2.50 bits per heavy atom. The van der Waals surface area contributed by atoms with Crippen LogP contribution in [0.25, 0.3) is 17.2 Å². The number of hydrogen-bond acceptors (Lipinski definition) is 3. The minimum Gasteiger partial charge on any atom is -0.496 e. The summed E-state index contributed by atoms with van der Waals surface area (Å²) in [5, 5.41) is 9.21. The molecule has 0 aromatic heterocycles. The first-order chi connectivity index (χ1) is 13.1. The van der Waals surface area contributed by atoms with Crippen molar-refractivity contribution in [3.05, 3.63) is 53.1 Å². The number of rotatable bonds is 4. The van der Waals surface area contributed by atoms with Gasteiger partial charge in [-0.2, -0.15) is 13.2 Å². The maximum absolute atomic E-state index is 13.2. The van der Waals surface area contributed by atoms with Gasteiger partial charge in [0.05, 0.1) is 12.7 Å². The monoisotopic (exact) mass is 392 g/mol. The zero-order valence-corrected chi connectivity index (χ0v) is 15.5. The summed E-state index contributed by atoms with van der Waals surface area (Å²) in [5.74, 6) is -1.12. The number of alkyl halides is 3. The molecular formula is C21H19F3O4. The molecule has 0 radical (unpaired) electrons. The average Bonchev–Trinajstić information content (AvgIpc) is 2.65. The van der Waals surface area contributed by atoms with E-state index in [1.807, 2.05) is 24.3 Å². The van der Waals surface area contributed by atoms with E-state index in [0.29, 0.717) is 11.3 Å². The van der Waals surface area contributed by atoms with Gasteiger partial charge in [0.2, 0.25) is 6.10 Å². The van der Waals surface area contributed by atoms with Crippen molar-refractivity contribution in [2.75, 3.05) is 7.11 Å². The van der Waals surface area contributed by atoms with Crippen LogP contribution in [0.1, 0.15) is 30.9 Å². The van der Waals surface area contributed by atoms with E-state index in [1.54, 1.807) is 6.07 Å². The molecule has 1 aliphatic heterocycles. The van der Waals surface area contributed by atoms with E-state index in [4.69, 9.17) is 9.47 Å². The molecule has 4 nitrogen and oxygen atoms in total. The van der Waals surface area contributed by atoms with Crippen LogP contribution < -0.4 is 9.47 Å². The fourth-order valence-corrected chi connectivity index (χ4v) is 3.10. The molecule has 0 fully saturated rings. The molecule has 2 aromatic carbocycles. The van der Waals surface area contributed by atoms with Crippen LogP contribution in [-0.4, -0.2) is 30.5 Å². The van der Waals surface area contributed by atoms with Crippen LogP contribution in [0.15, 0.2) is 42.0 Å². The van der Waals surface area contributed by atoms with E-state index >= 15 is 0 Å². The number of carbonyl (C=O) groups is 1. The fraction of sp³-hybridized carbons (Fsp3) is 0.286. The lowest BCUT2D eigenvalue weighted by Crippen LogP contribution is -2.40. The van der Waals surface area contributed by atoms with Gasteiger partial charge in [0.15, 0.2) is 0 Å². The van der Waals surface area contributed by atoms with Crippen LogP contribution in [0.3, 0.4) is 0 Å². The van der Waals surface area contributed by atoms with Crippen molar-refractivity contribution in [3.8, 4) is 22.6 Å². The second-order valence-electron chi connectivity index (χ2n) is 6.81. The molecule has 1 heterocycles. The van der Waals surface area contributed by atoms with E-state index in [-0.39, 0.29) is 17.2 Å². The zero-order chi connectivity index (χ0) is 20.6. The number of aliphatic carboxylic acids is 1. The van der Waals surface area contributed by atoms with Crippen LogP contribution in [0.4, 0.5) is 13.2 Å². The molecule has 3 rings (SSSR count). The number of halogens is 3. The summed E-state index contributed by atoms with van der Waals surface area (Å²) in [6.45, 7) is 4.10. The number of benzene rings is 2. The predicted octanol–water partition coefficient (Wildman–Crippen LogP) is 5.28. The largest absolute Gasteiger partial charge is 0.496 e. The summed E-state index contributed by atoms with van der Waals surface area (Å²) >= 11 is 0. The minimum atomic E-state index is -4.85. The Morgan fingerprint density at radius 2 is 1.93 bits per heavy atom. The minimum absolute atomic E-state index is 0.0760. The van der Waals surface area contributed by atoms with Gasteiger partial charge >= 0.3 is 12.1 Å². The maximum atomic E-state index is 13.2. The highest BCUT2D eigenvalue weighted by atomic mass is 19.4. The molecule has 0 bridgehead atoms. The Balaban J connectivity index is 2.16. The van der Waals surface area contributed by atoms with Gasteiger partial charge in [-0.3, -0.25) is 0 Å². The molecule has 1 aliphatic rings. The summed E-state index contributed by atoms with van der Waals surface area (Å²) in [4.78, 5) is 11.3. The lowest BCUT2D eigenvalue weighted by Gasteiger charge is -2.28. The van der Waals surface area contributed by atoms with E-state index in [2.05, 4.69) is 13.8 Å². The highest BCUT2D eigenvalue weighted by Gasteiger charge is 2.48. The Bertz CT molecular complexity index is 945. The first-order valence-corrected chi connectivity index (χ1v) is 8.62. The number of ether oxygens (including phenoxy) is 2. The van der Waals surface area contributed by atoms with Crippen molar-refractivity contribution in [1.29, 1.82) is 0 Å². The molecule has 1 unspecified atom stereocenters. The molecule has 1 N–H and O–H groups in total. The summed E-state index contributed by atoms with van der Waals surface area (Å²) in [7, 11) is 1.42. The molecule has 0 aliphatic carbocycles. The van der Waals surface area contributed by atoms with Crippen LogP contribution in [0, 0.1) is 0 Å². The molecular weight excluding hydrogens is 373 g/mol. The van der Waals surface area contributed by atoms with E-state index < -0.39 is 23.8 Å². The van der Waals surface area contributed by atoms with Crippen molar-refractivity contribution in [2.45, 2.75) is 32.0 Å². The number of hydrogen-bond donors (Lipinski definition) is 1. The van der Waals surface area contributed by atoms with Gasteiger partial charge in [0.25, 0.3) is 0 Å². The second kappa shape index (κ2) is 7.22. The Morgan fingerprint density at radius 1 is 1.21 bits per heavy atom. The van der Waals surface area contributed by atoms with Crippen molar-refractivity contribution >= 4 is 12.0 Å². The molecule has 0 saturated carbocycles. The van der Waals surface area contributed by atoms with Crippen molar-refractivity contribution in [3.63, 3.8) is 0 Å². The maximum Gasteiger partial charge on any atom is 0.430 e. The Kier molecular flexibility index (Phi) is 5.10. The Hall–Kier alpha value is -2.96. The second-order valence-corrected chi connectivity index (χ2v) is 6.81. The van der Waals surface area contributed by atoms with Crippen molar-refractivity contribution in [2.24, 2.45) is 0 Å². The average molecular weight is 392 g/mol. The topological polar surface area (TPSA) is 55.8 Å².